The molecule has 4 aliphatic rings. The Balaban J connectivity index is 1.44. The van der Waals surface area contributed by atoms with E-state index in [-0.39, 0.29) is 40.8 Å². The first-order valence-electron chi connectivity index (χ1n) is 15.7. The third kappa shape index (κ3) is 5.96. The summed E-state index contributed by atoms with van der Waals surface area (Å²) >= 11 is 0. The zero-order chi connectivity index (χ0) is 28.9. The Bertz CT molecular complexity index is 986. The lowest BCUT2D eigenvalue weighted by atomic mass is 9.41. The number of hydrogen-bond donors (Lipinski definition) is 4. The third-order valence-corrected chi connectivity index (χ3v) is 13.3. The molecule has 0 aromatic rings. The number of aliphatic hydroxyl groups is 2. The molecule has 7 nitrogen and oxygen atoms in total. The van der Waals surface area contributed by atoms with Gasteiger partial charge in [0.05, 0.1) is 18.0 Å². The van der Waals surface area contributed by atoms with Gasteiger partial charge in [0.1, 0.15) is 0 Å². The van der Waals surface area contributed by atoms with Gasteiger partial charge in [0, 0.05) is 12.5 Å². The Morgan fingerprint density at radius 2 is 1.62 bits per heavy atom. The molecule has 0 saturated heterocycles. The highest BCUT2D eigenvalue weighted by Crippen LogP contribution is 2.69. The van der Waals surface area contributed by atoms with Crippen molar-refractivity contribution in [1.82, 2.24) is 5.32 Å². The van der Waals surface area contributed by atoms with Gasteiger partial charge in [0.2, 0.25) is 5.91 Å². The summed E-state index contributed by atoms with van der Waals surface area (Å²) < 4.78 is 32.0. The summed E-state index contributed by atoms with van der Waals surface area (Å²) in [5, 5.41) is 25.2. The Labute approximate surface area is 237 Å². The second-order valence-electron chi connectivity index (χ2n) is 14.8. The number of aliphatic hydroxyl groups excluding tert-OH is 2. The number of fused-ring (bicyclic) bond motifs is 5. The van der Waals surface area contributed by atoms with Crippen LogP contribution in [0.25, 0.3) is 0 Å². The Hall–Kier alpha value is -0.700. The minimum absolute atomic E-state index is 0.0965. The summed E-state index contributed by atoms with van der Waals surface area (Å²) in [5.74, 6) is 2.13. The van der Waals surface area contributed by atoms with Crippen molar-refractivity contribution in [2.45, 2.75) is 124 Å². The maximum Gasteiger partial charge on any atom is 0.266 e. The van der Waals surface area contributed by atoms with Crippen molar-refractivity contribution in [1.29, 1.82) is 0 Å². The molecule has 0 aromatic heterocycles. The van der Waals surface area contributed by atoms with Crippen LogP contribution >= 0.6 is 0 Å². The molecule has 1 amide bonds. The van der Waals surface area contributed by atoms with E-state index in [0.717, 1.165) is 57.8 Å². The average Bonchev–Trinajstić information content (AvgIpc) is 3.20. The van der Waals surface area contributed by atoms with Crippen LogP contribution in [0.3, 0.4) is 0 Å². The lowest BCUT2D eigenvalue weighted by molar-refractivity contribution is -0.203. The molecule has 0 bridgehead atoms. The van der Waals surface area contributed by atoms with Crippen molar-refractivity contribution in [3.8, 4) is 0 Å². The molecule has 226 valence electrons. The number of nitrogens with one attached hydrogen (secondary N) is 1. The smallest absolute Gasteiger partial charge is 0.266 e. The number of carbonyl (C=O) groups excluding carboxylic acids is 1. The van der Waals surface area contributed by atoms with E-state index in [0.29, 0.717) is 41.9 Å². The standard InChI is InChI=1S/C31H55NO6S/c1-7-21-25-16-20(33)12-14-31(25,6)24-13-15-30(5)22(9-10-23(30)28(24)29(21)35)19(4)8-11-27(34)32-26(18(2)3)17-39(36,37)38/h18-26,28-29,33,35H,7-17H2,1-6H3,(H,32,34)(H,36,37,38)/t19-,20-,21-,22-,23+,24+,25+,26+,28+,29-,30-,31-/m1/s1. The lowest BCUT2D eigenvalue weighted by Gasteiger charge is -2.64. The van der Waals surface area contributed by atoms with Crippen molar-refractivity contribution in [2.75, 3.05) is 5.75 Å². The summed E-state index contributed by atoms with van der Waals surface area (Å²) in [4.78, 5) is 12.8. The molecule has 4 fully saturated rings. The zero-order valence-electron chi connectivity index (χ0n) is 25.1. The van der Waals surface area contributed by atoms with Crippen LogP contribution in [0.15, 0.2) is 0 Å². The first kappa shape index (κ1) is 31.2. The van der Waals surface area contributed by atoms with E-state index < -0.39 is 21.9 Å². The summed E-state index contributed by atoms with van der Waals surface area (Å²) in [6.07, 6.45) is 8.89. The molecule has 12 atom stereocenters. The van der Waals surface area contributed by atoms with Crippen LogP contribution in [0.2, 0.25) is 0 Å². The van der Waals surface area contributed by atoms with Gasteiger partial charge in [-0.15, -0.1) is 0 Å². The Morgan fingerprint density at radius 3 is 2.23 bits per heavy atom. The lowest BCUT2D eigenvalue weighted by Crippen LogP contribution is -2.62. The second-order valence-corrected chi connectivity index (χ2v) is 16.3. The molecule has 4 rings (SSSR count). The van der Waals surface area contributed by atoms with Crippen molar-refractivity contribution in [2.24, 2.45) is 58.2 Å². The van der Waals surface area contributed by atoms with Gasteiger partial charge in [0.15, 0.2) is 0 Å². The molecule has 0 unspecified atom stereocenters. The predicted molar refractivity (Wildman–Crippen MR) is 153 cm³/mol. The number of hydrogen-bond acceptors (Lipinski definition) is 5. The predicted octanol–water partition coefficient (Wildman–Crippen LogP) is 5.06. The van der Waals surface area contributed by atoms with Gasteiger partial charge in [0.25, 0.3) is 10.1 Å². The number of carbonyl (C=O) groups is 1. The molecule has 0 spiro atoms. The van der Waals surface area contributed by atoms with Gasteiger partial charge < -0.3 is 15.5 Å². The molecule has 0 aliphatic heterocycles. The molecular formula is C31H55NO6S. The Kier molecular flexibility index (Phi) is 9.23. The SMILES string of the molecule is CC[C@H]1[C@@H](O)[C@@H]2[C@H](CC[C@]3(C)[C@@H]([C@H](C)CCC(=O)N[C@@H](CS(=O)(=O)O)C(C)C)CC[C@@H]23)[C@@]2(C)CC[C@@H](O)C[C@@H]12. The van der Waals surface area contributed by atoms with Crippen molar-refractivity contribution in [3.05, 3.63) is 0 Å². The third-order valence-electron chi connectivity index (χ3n) is 12.5. The van der Waals surface area contributed by atoms with E-state index in [1.165, 1.54) is 0 Å². The molecule has 0 heterocycles. The van der Waals surface area contributed by atoms with Crippen molar-refractivity contribution < 1.29 is 28.0 Å². The van der Waals surface area contributed by atoms with Crippen LogP contribution in [-0.2, 0) is 14.9 Å². The second kappa shape index (κ2) is 11.5. The fourth-order valence-electron chi connectivity index (χ4n) is 10.4. The molecule has 4 N–H and O–H groups in total. The van der Waals surface area contributed by atoms with Gasteiger partial charge in [-0.2, -0.15) is 8.42 Å². The van der Waals surface area contributed by atoms with Gasteiger partial charge in [-0.25, -0.2) is 0 Å². The number of rotatable bonds is 9. The van der Waals surface area contributed by atoms with Crippen molar-refractivity contribution in [3.63, 3.8) is 0 Å². The monoisotopic (exact) mass is 569 g/mol. The van der Waals surface area contributed by atoms with Crippen LogP contribution in [0.4, 0.5) is 0 Å². The molecule has 8 heteroatoms. The number of amides is 1. The van der Waals surface area contributed by atoms with E-state index in [9.17, 15) is 28.0 Å². The topological polar surface area (TPSA) is 124 Å². The first-order chi connectivity index (χ1) is 18.1. The summed E-state index contributed by atoms with van der Waals surface area (Å²) in [5.41, 5.74) is 0.348. The van der Waals surface area contributed by atoms with Gasteiger partial charge >= 0.3 is 0 Å². The molecule has 4 aliphatic carbocycles. The van der Waals surface area contributed by atoms with E-state index in [1.807, 2.05) is 13.8 Å². The first-order valence-corrected chi connectivity index (χ1v) is 17.3. The molecule has 0 radical (unpaired) electrons. The minimum atomic E-state index is -4.16. The average molecular weight is 570 g/mol. The minimum Gasteiger partial charge on any atom is -0.393 e. The maximum atomic E-state index is 12.8. The normalized spacial score (nSPS) is 43.7. The van der Waals surface area contributed by atoms with Crippen LogP contribution in [0.1, 0.15) is 106 Å². The summed E-state index contributed by atoms with van der Waals surface area (Å²) in [6, 6.07) is -0.600. The van der Waals surface area contributed by atoms with Crippen LogP contribution in [-0.4, -0.2) is 53.1 Å². The van der Waals surface area contributed by atoms with Crippen LogP contribution in [0.5, 0.6) is 0 Å². The molecule has 4 saturated carbocycles. The largest absolute Gasteiger partial charge is 0.393 e. The van der Waals surface area contributed by atoms with Crippen LogP contribution < -0.4 is 5.32 Å². The highest BCUT2D eigenvalue weighted by atomic mass is 32.2. The van der Waals surface area contributed by atoms with Gasteiger partial charge in [-0.1, -0.05) is 48.0 Å². The molecular weight excluding hydrogens is 514 g/mol. The summed E-state index contributed by atoms with van der Waals surface area (Å²) in [6.45, 7) is 13.1. The van der Waals surface area contributed by atoms with Crippen molar-refractivity contribution >= 4 is 16.0 Å². The fourth-order valence-corrected chi connectivity index (χ4v) is 11.3. The van der Waals surface area contributed by atoms with Gasteiger partial charge in [-0.3, -0.25) is 9.35 Å². The fraction of sp³-hybridized carbons (Fsp3) is 0.968. The zero-order valence-corrected chi connectivity index (χ0v) is 25.9. The van der Waals surface area contributed by atoms with Gasteiger partial charge in [-0.05, 0) is 110 Å². The van der Waals surface area contributed by atoms with E-state index in [2.05, 4.69) is 33.0 Å². The van der Waals surface area contributed by atoms with E-state index in [1.54, 1.807) is 0 Å². The molecule has 39 heavy (non-hydrogen) atoms. The molecule has 0 aromatic carbocycles. The Morgan fingerprint density at radius 1 is 0.974 bits per heavy atom. The van der Waals surface area contributed by atoms with Crippen LogP contribution in [0, 0.1) is 58.2 Å². The summed E-state index contributed by atoms with van der Waals surface area (Å²) in [7, 11) is -4.16. The highest BCUT2D eigenvalue weighted by Gasteiger charge is 2.64. The van der Waals surface area contributed by atoms with E-state index >= 15 is 0 Å². The highest BCUT2D eigenvalue weighted by molar-refractivity contribution is 7.85. The van der Waals surface area contributed by atoms with E-state index in [4.69, 9.17) is 0 Å². The quantitative estimate of drug-likeness (QED) is 0.288. The maximum absolute atomic E-state index is 12.8.